The zero-order chi connectivity index (χ0) is 9.84. The summed E-state index contributed by atoms with van der Waals surface area (Å²) < 4.78 is 0. The third-order valence-corrected chi connectivity index (χ3v) is 2.91. The lowest BCUT2D eigenvalue weighted by Crippen LogP contribution is -2.40. The van der Waals surface area contributed by atoms with E-state index in [2.05, 4.69) is 6.92 Å². The highest BCUT2D eigenvalue weighted by Gasteiger charge is 2.29. The first-order valence-electron chi connectivity index (χ1n) is 5.21. The van der Waals surface area contributed by atoms with Crippen LogP contribution in [0.3, 0.4) is 0 Å². The number of hydrogen-bond acceptors (Lipinski definition) is 2. The fourth-order valence-electron chi connectivity index (χ4n) is 1.93. The van der Waals surface area contributed by atoms with Crippen molar-refractivity contribution in [3.05, 3.63) is 0 Å². The summed E-state index contributed by atoms with van der Waals surface area (Å²) >= 11 is 0. The van der Waals surface area contributed by atoms with Gasteiger partial charge in [-0.1, -0.05) is 13.8 Å². The van der Waals surface area contributed by atoms with Crippen LogP contribution in [-0.2, 0) is 4.79 Å². The van der Waals surface area contributed by atoms with E-state index in [1.54, 1.807) is 0 Å². The highest BCUT2D eigenvalue weighted by molar-refractivity contribution is 5.79. The SMILES string of the molecule is CCC1CCCN1C(=O)C(C)CN. The van der Waals surface area contributed by atoms with Gasteiger partial charge in [-0.2, -0.15) is 0 Å². The Morgan fingerprint density at radius 1 is 1.69 bits per heavy atom. The van der Waals surface area contributed by atoms with Crippen molar-refractivity contribution < 1.29 is 4.79 Å². The monoisotopic (exact) mass is 184 g/mol. The molecule has 1 heterocycles. The van der Waals surface area contributed by atoms with Gasteiger partial charge in [0.25, 0.3) is 0 Å². The Kier molecular flexibility index (Phi) is 3.72. The molecule has 0 bridgehead atoms. The van der Waals surface area contributed by atoms with E-state index >= 15 is 0 Å². The molecule has 0 aromatic rings. The highest BCUT2D eigenvalue weighted by Crippen LogP contribution is 2.21. The van der Waals surface area contributed by atoms with E-state index in [0.29, 0.717) is 12.6 Å². The summed E-state index contributed by atoms with van der Waals surface area (Å²) in [6.07, 6.45) is 3.39. The van der Waals surface area contributed by atoms with Crippen molar-refractivity contribution in [1.29, 1.82) is 0 Å². The summed E-state index contributed by atoms with van der Waals surface area (Å²) in [7, 11) is 0. The van der Waals surface area contributed by atoms with E-state index in [9.17, 15) is 4.79 Å². The van der Waals surface area contributed by atoms with E-state index in [1.165, 1.54) is 6.42 Å². The predicted octanol–water partition coefficient (Wildman–Crippen LogP) is 0.982. The summed E-state index contributed by atoms with van der Waals surface area (Å²) in [5, 5.41) is 0. The van der Waals surface area contributed by atoms with E-state index in [0.717, 1.165) is 19.4 Å². The molecule has 3 heteroatoms. The molecule has 1 amide bonds. The van der Waals surface area contributed by atoms with Gasteiger partial charge in [0.2, 0.25) is 5.91 Å². The van der Waals surface area contributed by atoms with Crippen molar-refractivity contribution in [2.24, 2.45) is 11.7 Å². The molecule has 1 fully saturated rings. The van der Waals surface area contributed by atoms with Crippen LogP contribution in [0.5, 0.6) is 0 Å². The molecule has 1 aliphatic heterocycles. The summed E-state index contributed by atoms with van der Waals surface area (Å²) in [5.41, 5.74) is 5.48. The maximum absolute atomic E-state index is 11.8. The van der Waals surface area contributed by atoms with Crippen LogP contribution in [0.25, 0.3) is 0 Å². The summed E-state index contributed by atoms with van der Waals surface area (Å²) in [4.78, 5) is 13.8. The van der Waals surface area contributed by atoms with Crippen molar-refractivity contribution in [3.63, 3.8) is 0 Å². The number of amides is 1. The molecule has 0 spiro atoms. The zero-order valence-electron chi connectivity index (χ0n) is 8.62. The van der Waals surface area contributed by atoms with Crippen LogP contribution >= 0.6 is 0 Å². The Balaban J connectivity index is 2.54. The maximum Gasteiger partial charge on any atom is 0.226 e. The second kappa shape index (κ2) is 4.61. The molecule has 76 valence electrons. The van der Waals surface area contributed by atoms with E-state index in [4.69, 9.17) is 5.73 Å². The smallest absolute Gasteiger partial charge is 0.226 e. The molecule has 1 rings (SSSR count). The van der Waals surface area contributed by atoms with Gasteiger partial charge >= 0.3 is 0 Å². The van der Waals surface area contributed by atoms with Gasteiger partial charge in [0.1, 0.15) is 0 Å². The molecule has 0 saturated carbocycles. The lowest BCUT2D eigenvalue weighted by molar-refractivity contribution is -0.135. The molecule has 0 aromatic heterocycles. The van der Waals surface area contributed by atoms with Gasteiger partial charge in [0.15, 0.2) is 0 Å². The number of nitrogens with two attached hydrogens (primary N) is 1. The van der Waals surface area contributed by atoms with Gasteiger partial charge in [-0.25, -0.2) is 0 Å². The van der Waals surface area contributed by atoms with E-state index in [-0.39, 0.29) is 11.8 Å². The van der Waals surface area contributed by atoms with Crippen LogP contribution < -0.4 is 5.73 Å². The molecular weight excluding hydrogens is 164 g/mol. The minimum Gasteiger partial charge on any atom is -0.339 e. The quantitative estimate of drug-likeness (QED) is 0.710. The first kappa shape index (κ1) is 10.5. The lowest BCUT2D eigenvalue weighted by atomic mass is 10.1. The fraction of sp³-hybridized carbons (Fsp3) is 0.900. The van der Waals surface area contributed by atoms with E-state index in [1.807, 2.05) is 11.8 Å². The summed E-state index contributed by atoms with van der Waals surface area (Å²) in [5.74, 6) is 0.235. The van der Waals surface area contributed by atoms with Crippen molar-refractivity contribution in [2.75, 3.05) is 13.1 Å². The van der Waals surface area contributed by atoms with Crippen LogP contribution in [0.15, 0.2) is 0 Å². The molecule has 13 heavy (non-hydrogen) atoms. The number of likely N-dealkylation sites (tertiary alicyclic amines) is 1. The van der Waals surface area contributed by atoms with Gasteiger partial charge in [-0.05, 0) is 19.3 Å². The minimum absolute atomic E-state index is 0.00727. The second-order valence-corrected chi connectivity index (χ2v) is 3.87. The molecule has 2 atom stereocenters. The van der Waals surface area contributed by atoms with Crippen molar-refractivity contribution in [1.82, 2.24) is 4.90 Å². The number of nitrogens with zero attached hydrogens (tertiary/aromatic N) is 1. The molecule has 3 nitrogen and oxygen atoms in total. The Labute approximate surface area is 80.3 Å². The fourth-order valence-corrected chi connectivity index (χ4v) is 1.93. The number of carbonyl (C=O) groups is 1. The zero-order valence-corrected chi connectivity index (χ0v) is 8.62. The topological polar surface area (TPSA) is 46.3 Å². The largest absolute Gasteiger partial charge is 0.339 e. The van der Waals surface area contributed by atoms with Crippen molar-refractivity contribution in [2.45, 2.75) is 39.2 Å². The predicted molar refractivity (Wildman–Crippen MR) is 53.2 cm³/mol. The second-order valence-electron chi connectivity index (χ2n) is 3.87. The number of rotatable bonds is 3. The molecule has 1 aliphatic rings. The van der Waals surface area contributed by atoms with Gasteiger partial charge in [-0.15, -0.1) is 0 Å². The first-order chi connectivity index (χ1) is 6.20. The van der Waals surface area contributed by atoms with Crippen LogP contribution in [0, 0.1) is 5.92 Å². The molecule has 0 aromatic carbocycles. The van der Waals surface area contributed by atoms with Crippen LogP contribution in [0.4, 0.5) is 0 Å². The maximum atomic E-state index is 11.8. The summed E-state index contributed by atoms with van der Waals surface area (Å²) in [6, 6.07) is 0.474. The minimum atomic E-state index is -0.00727. The normalized spacial score (nSPS) is 24.8. The third kappa shape index (κ3) is 2.21. The van der Waals surface area contributed by atoms with Crippen LogP contribution in [-0.4, -0.2) is 29.9 Å². The van der Waals surface area contributed by atoms with Crippen molar-refractivity contribution in [3.8, 4) is 0 Å². The van der Waals surface area contributed by atoms with Gasteiger partial charge in [-0.3, -0.25) is 4.79 Å². The lowest BCUT2D eigenvalue weighted by Gasteiger charge is -2.26. The van der Waals surface area contributed by atoms with Crippen LogP contribution in [0.1, 0.15) is 33.1 Å². The van der Waals surface area contributed by atoms with Gasteiger partial charge in [0, 0.05) is 25.0 Å². The molecule has 2 unspecified atom stereocenters. The van der Waals surface area contributed by atoms with Gasteiger partial charge < -0.3 is 10.6 Å². The highest BCUT2D eigenvalue weighted by atomic mass is 16.2. The molecule has 0 aliphatic carbocycles. The standard InChI is InChI=1S/C10H20N2O/c1-3-9-5-4-6-12(9)10(13)8(2)7-11/h8-9H,3-7,11H2,1-2H3. The Bertz CT molecular complexity index is 182. The summed E-state index contributed by atoms with van der Waals surface area (Å²) in [6.45, 7) is 5.45. The molecular formula is C10H20N2O. The Hall–Kier alpha value is -0.570. The third-order valence-electron chi connectivity index (χ3n) is 2.91. The first-order valence-corrected chi connectivity index (χ1v) is 5.21. The molecule has 2 N–H and O–H groups in total. The van der Waals surface area contributed by atoms with Crippen LogP contribution in [0.2, 0.25) is 0 Å². The number of hydrogen-bond donors (Lipinski definition) is 1. The van der Waals surface area contributed by atoms with Crippen molar-refractivity contribution >= 4 is 5.91 Å². The average Bonchev–Trinajstić information content (AvgIpc) is 2.62. The Morgan fingerprint density at radius 3 is 2.92 bits per heavy atom. The van der Waals surface area contributed by atoms with Gasteiger partial charge in [0.05, 0.1) is 0 Å². The average molecular weight is 184 g/mol. The Morgan fingerprint density at radius 2 is 2.38 bits per heavy atom. The molecule has 1 saturated heterocycles. The van der Waals surface area contributed by atoms with E-state index < -0.39 is 0 Å². The molecule has 0 radical (unpaired) electrons. The number of carbonyl (C=O) groups excluding carboxylic acids is 1.